The highest BCUT2D eigenvalue weighted by molar-refractivity contribution is 8.20. The molecule has 6 aliphatic rings. The molecule has 5 amide bonds. The molecule has 5 saturated heterocycles. The zero-order valence-corrected chi connectivity index (χ0v) is 85.1. The van der Waals surface area contributed by atoms with Gasteiger partial charge in [0.15, 0.2) is 43.2 Å². The number of carbonyl (C=O) groups excluding carboxylic acids is 5. The lowest BCUT2D eigenvalue weighted by atomic mass is 10.1. The maximum Gasteiger partial charge on any atom is 0.271 e. The lowest BCUT2D eigenvalue weighted by molar-refractivity contribution is -0.114. The summed E-state index contributed by atoms with van der Waals surface area (Å²) in [6.45, 7) is 6.68. The standard InChI is InChI=1S/C25H20N2O3S.C25H22N2O2S.C24H20N2O2S.C23H19N3O2S.C23H18N2O2S/c28-24-23(16-19-11-12-21-22(15-19)30-14-13-29-21)31-25(26-17-18-7-3-1-4-8-18)27(24)20-9-5-2-6-10-20;1-18-7-6-8-20(15-18)17-26-25-27(21-9-4-3-5-10-21)24(28)23(30-25)16-19-11-13-22(29-2)14-12-19;1-28-21-14-12-18(13-15-21)16-22-23(27)26(20-10-6-3-7-11-20)24(29-22)25-17-19-8-4-2-5-9-19;1-16-8-13-21(24-15-16)25-23-26(18-6-4-3-5-7-18)22(27)20(29-23)14-17-9-11-19(28-2)12-10-17;1-27-20-14-12-18(13-15-20)24-23-25(19-10-6-3-7-11-19)22(26)21(28-23)16-17-8-4-2-5-9-17/h1-12,15-16H,13-14,17H2;3-16H,17H2,1-2H3;2-16H,17H2,1H3;3-15H,1-2H3;2-16H,1H3/b2*23-16-,26-25?;22-16-,25-24?;20-14-,25-23?;21-16-,24-23?. The number of hydrogen-bond donors (Lipinski definition) is 0. The van der Waals surface area contributed by atoms with Crippen LogP contribution in [0.3, 0.4) is 0 Å². The number of thioether (sulfide) groups is 5. The Bertz CT molecular complexity index is 7490. The van der Waals surface area contributed by atoms with Crippen molar-refractivity contribution in [2.24, 2.45) is 25.0 Å². The van der Waals surface area contributed by atoms with Crippen molar-refractivity contribution in [3.8, 4) is 34.5 Å². The molecule has 7 heterocycles. The van der Waals surface area contributed by atoms with E-state index in [2.05, 4.69) is 35.1 Å². The van der Waals surface area contributed by atoms with Gasteiger partial charge < -0.3 is 28.4 Å². The molecule has 5 fully saturated rings. The van der Waals surface area contributed by atoms with Crippen LogP contribution >= 0.6 is 58.8 Å². The van der Waals surface area contributed by atoms with Crippen LogP contribution in [0, 0.1) is 13.8 Å². The summed E-state index contributed by atoms with van der Waals surface area (Å²) in [6, 6.07) is 126. The topological polar surface area (TPSA) is 232 Å². The van der Waals surface area contributed by atoms with Gasteiger partial charge in [-0.2, -0.15) is 0 Å². The van der Waals surface area contributed by atoms with Crippen LogP contribution < -0.4 is 52.9 Å². The molecule has 0 unspecified atom stereocenters. The highest BCUT2D eigenvalue weighted by Crippen LogP contribution is 2.44. The minimum atomic E-state index is -0.108. The van der Waals surface area contributed by atoms with Crippen molar-refractivity contribution in [2.45, 2.75) is 33.5 Å². The van der Waals surface area contributed by atoms with E-state index >= 15 is 0 Å². The smallest absolute Gasteiger partial charge is 0.271 e. The predicted molar refractivity (Wildman–Crippen MR) is 604 cm³/mol. The van der Waals surface area contributed by atoms with Crippen molar-refractivity contribution in [1.29, 1.82) is 0 Å². The van der Waals surface area contributed by atoms with Gasteiger partial charge in [0, 0.05) is 6.20 Å². The first-order valence-corrected chi connectivity index (χ1v) is 51.0. The van der Waals surface area contributed by atoms with Crippen molar-refractivity contribution >= 4 is 185 Å². The number of amidine groups is 5. The molecular weight excluding hydrogens is 1930 g/mol. The first-order valence-electron chi connectivity index (χ1n) is 46.9. The fourth-order valence-electron chi connectivity index (χ4n) is 15.3. The second-order valence-electron chi connectivity index (χ2n) is 33.0. The molecule has 15 aromatic rings. The number of hydrogen-bond acceptors (Lipinski definition) is 22. The zero-order valence-electron chi connectivity index (χ0n) is 81.0. The van der Waals surface area contributed by atoms with Crippen LogP contribution in [0.1, 0.15) is 55.6 Å². The van der Waals surface area contributed by atoms with Crippen molar-refractivity contribution in [2.75, 3.05) is 66.2 Å². The minimum Gasteiger partial charge on any atom is -0.497 e. The molecule has 147 heavy (non-hydrogen) atoms. The van der Waals surface area contributed by atoms with Crippen LogP contribution in [0.4, 0.5) is 39.9 Å². The van der Waals surface area contributed by atoms with Gasteiger partial charge in [-0.1, -0.05) is 260 Å². The third-order valence-electron chi connectivity index (χ3n) is 22.7. The van der Waals surface area contributed by atoms with E-state index in [9.17, 15) is 24.0 Å². The van der Waals surface area contributed by atoms with E-state index in [1.165, 1.54) is 64.4 Å². The predicted octanol–water partition coefficient (Wildman–Crippen LogP) is 26.9. The van der Waals surface area contributed by atoms with E-state index in [4.69, 9.17) is 48.4 Å². The number of rotatable bonds is 22. The van der Waals surface area contributed by atoms with Gasteiger partial charge in [0.2, 0.25) is 0 Å². The number of nitrogens with zero attached hydrogens (tertiary/aromatic N) is 11. The van der Waals surface area contributed by atoms with Crippen LogP contribution in [0.5, 0.6) is 34.5 Å². The summed E-state index contributed by atoms with van der Waals surface area (Å²) < 4.78 is 32.1. The summed E-state index contributed by atoms with van der Waals surface area (Å²) in [6.07, 6.45) is 11.2. The average Bonchev–Trinajstić information content (AvgIpc) is 1.65. The number of aryl methyl sites for hydroxylation is 2. The molecule has 0 bridgehead atoms. The first-order chi connectivity index (χ1) is 72.0. The van der Waals surface area contributed by atoms with Crippen LogP contribution in [0.25, 0.3) is 30.4 Å². The van der Waals surface area contributed by atoms with Gasteiger partial charge >= 0.3 is 0 Å². The maximum absolute atomic E-state index is 13.3. The van der Waals surface area contributed by atoms with Crippen molar-refractivity contribution in [3.05, 3.63) is 481 Å². The summed E-state index contributed by atoms with van der Waals surface area (Å²) in [5.41, 5.74) is 15.0. The molecular formula is C120H99N11O11S5. The number of carbonyl (C=O) groups is 5. The monoisotopic (exact) mass is 2030 g/mol. The fraction of sp³-hybridized carbons (Fsp3) is 0.0917. The molecule has 0 N–H and O–H groups in total. The number of fused-ring (bicyclic) bond motifs is 1. The summed E-state index contributed by atoms with van der Waals surface area (Å²) in [4.78, 5) is 106. The Morgan fingerprint density at radius 2 is 0.571 bits per heavy atom. The van der Waals surface area contributed by atoms with E-state index in [0.717, 1.165) is 113 Å². The number of benzene rings is 14. The molecule has 27 heteroatoms. The van der Waals surface area contributed by atoms with E-state index in [0.29, 0.717) is 94.8 Å². The van der Waals surface area contributed by atoms with Gasteiger partial charge in [-0.15, -0.1) is 0 Å². The van der Waals surface area contributed by atoms with Crippen molar-refractivity contribution in [3.63, 3.8) is 0 Å². The van der Waals surface area contributed by atoms with Crippen LogP contribution in [-0.2, 0) is 43.6 Å². The second-order valence-corrected chi connectivity index (χ2v) is 38.0. The van der Waals surface area contributed by atoms with Gasteiger partial charge in [-0.05, 0) is 293 Å². The highest BCUT2D eigenvalue weighted by Gasteiger charge is 2.40. The third kappa shape index (κ3) is 27.0. The van der Waals surface area contributed by atoms with Crippen molar-refractivity contribution in [1.82, 2.24) is 4.98 Å². The van der Waals surface area contributed by atoms with E-state index in [-0.39, 0.29) is 29.5 Å². The molecule has 0 atom stereocenters. The molecule has 730 valence electrons. The van der Waals surface area contributed by atoms with Gasteiger partial charge in [-0.3, -0.25) is 63.4 Å². The molecule has 14 aromatic carbocycles. The van der Waals surface area contributed by atoms with E-state index in [1.54, 1.807) is 59.1 Å². The molecule has 0 spiro atoms. The van der Waals surface area contributed by atoms with Gasteiger partial charge in [0.25, 0.3) is 29.5 Å². The number of aliphatic imine (C=N–C) groups is 5. The number of pyridine rings is 1. The molecule has 22 nitrogen and oxygen atoms in total. The summed E-state index contributed by atoms with van der Waals surface area (Å²) in [7, 11) is 6.53. The average molecular weight is 2030 g/mol. The molecule has 0 saturated carbocycles. The molecule has 6 aliphatic heterocycles. The number of aromatic nitrogens is 1. The third-order valence-corrected chi connectivity index (χ3v) is 27.6. The minimum absolute atomic E-state index is 0.0648. The summed E-state index contributed by atoms with van der Waals surface area (Å²) >= 11 is 6.92. The Hall–Kier alpha value is -16.8. The number of anilines is 5. The van der Waals surface area contributed by atoms with Crippen LogP contribution in [-0.4, -0.2) is 102 Å². The molecule has 0 radical (unpaired) electrons. The van der Waals surface area contributed by atoms with E-state index < -0.39 is 0 Å². The largest absolute Gasteiger partial charge is 0.497 e. The fourth-order valence-corrected chi connectivity index (χ4v) is 20.2. The Kier molecular flexibility index (Phi) is 34.9. The SMILES string of the molecule is COc1ccc(/C=C2\SC(=NCc3cccc(C)c3)N(c3ccccc3)C2=O)cc1.COc1ccc(/C=C2\SC(=NCc3ccccc3)N(c3ccccc3)C2=O)cc1.COc1ccc(/C=C2\SC(=Nc3ccc(C)cn3)N(c3ccccc3)C2=O)cc1.COc1ccc(N=C2S/C(=C\c3ccccc3)C(=O)N2c2ccccc2)cc1.O=C1/C(=C/c2ccc3c(c2)OCCO3)SC(=NCc2ccccc2)N1c1ccccc1. The number of methoxy groups -OCH3 is 4. The highest BCUT2D eigenvalue weighted by atomic mass is 32.2. The zero-order chi connectivity index (χ0) is 102. The summed E-state index contributed by atoms with van der Waals surface area (Å²) in [5.74, 6) is 4.71. The number of amides is 5. The Labute approximate surface area is 875 Å². The van der Waals surface area contributed by atoms with Gasteiger partial charge in [0.1, 0.15) is 36.2 Å². The molecule has 1 aromatic heterocycles. The van der Waals surface area contributed by atoms with Crippen molar-refractivity contribution < 1.29 is 52.4 Å². The molecule has 21 rings (SSSR count). The normalized spacial score (nSPS) is 16.9. The van der Waals surface area contributed by atoms with Gasteiger partial charge in [-0.25, -0.2) is 15.0 Å². The van der Waals surface area contributed by atoms with Crippen LogP contribution in [0.15, 0.2) is 450 Å². The van der Waals surface area contributed by atoms with Crippen LogP contribution in [0.2, 0.25) is 0 Å². The van der Waals surface area contributed by atoms with E-state index in [1.807, 2.05) is 413 Å². The van der Waals surface area contributed by atoms with Gasteiger partial charge in [0.05, 0.1) is 107 Å². The summed E-state index contributed by atoms with van der Waals surface area (Å²) in [5, 5.41) is 3.25. The Morgan fingerprint density at radius 1 is 0.279 bits per heavy atom. The second kappa shape index (κ2) is 50.4. The Balaban J connectivity index is 0.000000126. The lowest BCUT2D eigenvalue weighted by Gasteiger charge is -2.18. The Morgan fingerprint density at radius 3 is 0.918 bits per heavy atom. The lowest BCUT2D eigenvalue weighted by Crippen LogP contribution is -2.28. The molecule has 0 aliphatic carbocycles. The first kappa shape index (κ1) is 102. The maximum atomic E-state index is 13.3. The number of ether oxygens (including phenoxy) is 6. The quantitative estimate of drug-likeness (QED) is 0.0574. The number of para-hydroxylation sites is 5.